The lowest BCUT2D eigenvalue weighted by atomic mass is 10.1. The Balaban J connectivity index is 1.40. The minimum Gasteiger partial charge on any atom is -0.497 e. The van der Waals surface area contributed by atoms with Crippen LogP contribution in [0.15, 0.2) is 47.4 Å². The van der Waals surface area contributed by atoms with Crippen LogP contribution in [0.3, 0.4) is 0 Å². The molecule has 3 aromatic rings. The van der Waals surface area contributed by atoms with E-state index in [9.17, 15) is 13.2 Å². The number of nitrogens with zero attached hydrogens (tertiary/aromatic N) is 3. The minimum atomic E-state index is -3.58. The lowest BCUT2D eigenvalue weighted by Crippen LogP contribution is -2.46. The maximum Gasteiger partial charge on any atom is 0.251 e. The monoisotopic (exact) mass is 482 g/mol. The number of hydrogen-bond acceptors (Lipinski definition) is 6. The van der Waals surface area contributed by atoms with Gasteiger partial charge in [-0.3, -0.25) is 4.79 Å². The topological polar surface area (TPSA) is 101 Å². The number of hydrogen-bond donors (Lipinski definition) is 1. The van der Waals surface area contributed by atoms with Crippen LogP contribution in [0.25, 0.3) is 11.0 Å². The molecule has 0 spiro atoms. The third kappa shape index (κ3) is 4.90. The third-order valence-corrected chi connectivity index (χ3v) is 8.15. The molecule has 1 saturated heterocycles. The number of aromatic nitrogens is 2. The fraction of sp³-hybridized carbons (Fsp3) is 0.400. The molecule has 2 heterocycles. The first-order chi connectivity index (χ1) is 16.3. The largest absolute Gasteiger partial charge is 0.497 e. The van der Waals surface area contributed by atoms with E-state index in [0.29, 0.717) is 42.8 Å². The van der Waals surface area contributed by atoms with Crippen LogP contribution in [0.1, 0.15) is 48.4 Å². The number of carbonyl (C=O) groups excluding carboxylic acids is 1. The molecular weight excluding hydrogens is 452 g/mol. The highest BCUT2D eigenvalue weighted by Gasteiger charge is 2.30. The van der Waals surface area contributed by atoms with Crippen molar-refractivity contribution in [3.05, 3.63) is 59.4 Å². The predicted molar refractivity (Wildman–Crippen MR) is 131 cm³/mol. The number of benzene rings is 2. The minimum absolute atomic E-state index is 0.0923. The van der Waals surface area contributed by atoms with Gasteiger partial charge in [0.1, 0.15) is 5.75 Å². The zero-order valence-corrected chi connectivity index (χ0v) is 20.6. The summed E-state index contributed by atoms with van der Waals surface area (Å²) in [7, 11) is -2.04. The Hall–Kier alpha value is -3.04. The summed E-state index contributed by atoms with van der Waals surface area (Å²) in [6.45, 7) is 4.81. The summed E-state index contributed by atoms with van der Waals surface area (Å²) in [5.41, 5.74) is 3.97. The van der Waals surface area contributed by atoms with Crippen molar-refractivity contribution in [1.29, 1.82) is 0 Å². The fourth-order valence-electron chi connectivity index (χ4n) is 4.24. The zero-order valence-electron chi connectivity index (χ0n) is 19.7. The Morgan fingerprint density at radius 1 is 1.00 bits per heavy atom. The standard InChI is InChI=1S/C25H30N4O4S/c1-4-21-22(5-2)28-24-16-17(6-11-23(24)27-21)25(30)26-18-12-14-29(15-13-18)34(31,32)20-9-7-19(33-3)8-10-20/h6-11,16,18H,4-5,12-15H2,1-3H3,(H,26,30). The molecule has 1 fully saturated rings. The van der Waals surface area contributed by atoms with Gasteiger partial charge in [0, 0.05) is 24.7 Å². The quantitative estimate of drug-likeness (QED) is 0.554. The summed E-state index contributed by atoms with van der Waals surface area (Å²) in [6.07, 6.45) is 2.71. The lowest BCUT2D eigenvalue weighted by molar-refractivity contribution is 0.0924. The van der Waals surface area contributed by atoms with Gasteiger partial charge in [-0.15, -0.1) is 0 Å². The number of aryl methyl sites for hydroxylation is 2. The number of methoxy groups -OCH3 is 1. The van der Waals surface area contributed by atoms with Crippen molar-refractivity contribution >= 4 is 27.0 Å². The normalized spacial score (nSPS) is 15.4. The number of ether oxygens (including phenoxy) is 1. The van der Waals surface area contributed by atoms with Crippen molar-refractivity contribution in [2.45, 2.75) is 50.5 Å². The second kappa shape index (κ2) is 10.1. The van der Waals surface area contributed by atoms with Gasteiger partial charge in [0.15, 0.2) is 0 Å². The van der Waals surface area contributed by atoms with Crippen LogP contribution in [0, 0.1) is 0 Å². The molecule has 2 aromatic carbocycles. The highest BCUT2D eigenvalue weighted by molar-refractivity contribution is 7.89. The van der Waals surface area contributed by atoms with Gasteiger partial charge in [-0.2, -0.15) is 4.31 Å². The average Bonchev–Trinajstić information content (AvgIpc) is 2.87. The number of carbonyl (C=O) groups is 1. The number of fused-ring (bicyclic) bond motifs is 1. The van der Waals surface area contributed by atoms with Crippen molar-refractivity contribution in [2.24, 2.45) is 0 Å². The van der Waals surface area contributed by atoms with Gasteiger partial charge in [-0.1, -0.05) is 13.8 Å². The van der Waals surface area contributed by atoms with E-state index in [2.05, 4.69) is 17.2 Å². The molecule has 0 bridgehead atoms. The van der Waals surface area contributed by atoms with Crippen LogP contribution >= 0.6 is 0 Å². The summed E-state index contributed by atoms with van der Waals surface area (Å²) in [6, 6.07) is 11.7. The van der Waals surface area contributed by atoms with Crippen LogP contribution in [0.4, 0.5) is 0 Å². The van der Waals surface area contributed by atoms with Gasteiger partial charge in [-0.05, 0) is 68.1 Å². The first-order valence-electron chi connectivity index (χ1n) is 11.6. The van der Waals surface area contributed by atoms with Crippen LogP contribution in [0.2, 0.25) is 0 Å². The summed E-state index contributed by atoms with van der Waals surface area (Å²) in [5.74, 6) is 0.426. The molecule has 0 aliphatic carbocycles. The summed E-state index contributed by atoms with van der Waals surface area (Å²) in [5, 5.41) is 3.05. The first kappa shape index (κ1) is 24.1. The van der Waals surface area contributed by atoms with Gasteiger partial charge < -0.3 is 10.1 Å². The molecule has 34 heavy (non-hydrogen) atoms. The Bertz CT molecular complexity index is 1280. The molecule has 1 aliphatic rings. The van der Waals surface area contributed by atoms with Gasteiger partial charge in [-0.25, -0.2) is 18.4 Å². The SMILES string of the molecule is CCc1nc2ccc(C(=O)NC3CCN(S(=O)(=O)c4ccc(OC)cc4)CC3)cc2nc1CC. The molecule has 4 rings (SSSR count). The van der Waals surface area contributed by atoms with Crippen LogP contribution in [-0.4, -0.2) is 54.8 Å². The maximum absolute atomic E-state index is 12.9. The first-order valence-corrected chi connectivity index (χ1v) is 13.0. The highest BCUT2D eigenvalue weighted by atomic mass is 32.2. The van der Waals surface area contributed by atoms with Gasteiger partial charge in [0.25, 0.3) is 5.91 Å². The lowest BCUT2D eigenvalue weighted by Gasteiger charge is -2.31. The molecule has 0 radical (unpaired) electrons. The van der Waals surface area contributed by atoms with E-state index in [0.717, 1.165) is 29.7 Å². The maximum atomic E-state index is 12.9. The Labute approximate surface area is 200 Å². The Morgan fingerprint density at radius 2 is 1.62 bits per heavy atom. The number of amides is 1. The molecule has 0 saturated carbocycles. The molecule has 9 heteroatoms. The molecule has 180 valence electrons. The molecule has 1 N–H and O–H groups in total. The van der Waals surface area contributed by atoms with E-state index in [1.807, 2.05) is 13.0 Å². The van der Waals surface area contributed by atoms with Crippen LogP contribution in [0.5, 0.6) is 5.75 Å². The zero-order chi connectivity index (χ0) is 24.3. The molecule has 8 nitrogen and oxygen atoms in total. The van der Waals surface area contributed by atoms with Gasteiger partial charge >= 0.3 is 0 Å². The number of nitrogens with one attached hydrogen (secondary N) is 1. The van der Waals surface area contributed by atoms with E-state index in [4.69, 9.17) is 9.72 Å². The second-order valence-corrected chi connectivity index (χ2v) is 10.3. The Kier molecular flexibility index (Phi) is 7.13. The molecule has 1 aliphatic heterocycles. The molecule has 1 aromatic heterocycles. The smallest absolute Gasteiger partial charge is 0.251 e. The fourth-order valence-corrected chi connectivity index (χ4v) is 5.71. The third-order valence-electron chi connectivity index (χ3n) is 6.24. The summed E-state index contributed by atoms with van der Waals surface area (Å²) in [4.78, 5) is 22.5. The number of rotatable bonds is 7. The molecule has 1 amide bonds. The molecular formula is C25H30N4O4S. The number of sulfonamides is 1. The van der Waals surface area contributed by atoms with E-state index in [1.165, 1.54) is 4.31 Å². The van der Waals surface area contributed by atoms with Crippen molar-refractivity contribution in [3.8, 4) is 5.75 Å². The predicted octanol–water partition coefficient (Wildman–Crippen LogP) is 3.35. The van der Waals surface area contributed by atoms with Crippen molar-refractivity contribution in [3.63, 3.8) is 0 Å². The van der Waals surface area contributed by atoms with Crippen LogP contribution in [-0.2, 0) is 22.9 Å². The van der Waals surface area contributed by atoms with E-state index in [1.54, 1.807) is 43.5 Å². The van der Waals surface area contributed by atoms with E-state index in [-0.39, 0.29) is 16.8 Å². The average molecular weight is 483 g/mol. The molecule has 0 atom stereocenters. The molecule has 0 unspecified atom stereocenters. The van der Waals surface area contributed by atoms with E-state index < -0.39 is 10.0 Å². The summed E-state index contributed by atoms with van der Waals surface area (Å²) >= 11 is 0. The Morgan fingerprint density at radius 3 is 2.21 bits per heavy atom. The van der Waals surface area contributed by atoms with Gasteiger partial charge in [0.2, 0.25) is 10.0 Å². The van der Waals surface area contributed by atoms with Crippen molar-refractivity contribution < 1.29 is 17.9 Å². The second-order valence-electron chi connectivity index (χ2n) is 8.35. The van der Waals surface area contributed by atoms with Crippen molar-refractivity contribution in [1.82, 2.24) is 19.6 Å². The van der Waals surface area contributed by atoms with Gasteiger partial charge in [0.05, 0.1) is 34.4 Å². The summed E-state index contributed by atoms with van der Waals surface area (Å²) < 4.78 is 32.5. The number of piperidine rings is 1. The highest BCUT2D eigenvalue weighted by Crippen LogP contribution is 2.23. The van der Waals surface area contributed by atoms with E-state index >= 15 is 0 Å². The van der Waals surface area contributed by atoms with Crippen LogP contribution < -0.4 is 10.1 Å². The van der Waals surface area contributed by atoms with Crippen molar-refractivity contribution in [2.75, 3.05) is 20.2 Å².